The van der Waals surface area contributed by atoms with E-state index in [9.17, 15) is 30.3 Å². The number of aliphatic hydroxyl groups is 5. The highest BCUT2D eigenvalue weighted by Gasteiger charge is 2.51. The molecule has 0 spiro atoms. The van der Waals surface area contributed by atoms with Gasteiger partial charge in [0.1, 0.15) is 42.7 Å². The molecule has 0 aromatic rings. The first-order valence-electron chi connectivity index (χ1n) is 12.3. The molecular weight excluding hydrogens is 482 g/mol. The maximum absolute atomic E-state index is 12.4. The molecule has 2 heterocycles. The second kappa shape index (κ2) is 13.1. The third-order valence-corrected chi connectivity index (χ3v) is 6.93. The van der Waals surface area contributed by atoms with Gasteiger partial charge in [-0.25, -0.2) is 0 Å². The quantitative estimate of drug-likeness (QED) is 0.128. The van der Waals surface area contributed by atoms with Crippen molar-refractivity contribution < 1.29 is 49.3 Å². The van der Waals surface area contributed by atoms with Gasteiger partial charge in [0.25, 0.3) is 0 Å². The van der Waals surface area contributed by atoms with Crippen molar-refractivity contribution in [3.63, 3.8) is 0 Å². The van der Waals surface area contributed by atoms with E-state index in [2.05, 4.69) is 5.32 Å². The van der Waals surface area contributed by atoms with Crippen LogP contribution in [0.15, 0.2) is 0 Å². The molecule has 15 nitrogen and oxygen atoms in total. The van der Waals surface area contributed by atoms with Gasteiger partial charge in [-0.05, 0) is 32.2 Å². The molecule has 2 aliphatic heterocycles. The molecular formula is C21H41N5O10. The second-order valence-electron chi connectivity index (χ2n) is 9.61. The molecule has 3 aliphatic rings. The minimum atomic E-state index is -1.54. The van der Waals surface area contributed by atoms with Gasteiger partial charge in [-0.15, -0.1) is 0 Å². The number of nitrogens with two attached hydrogens (primary N) is 4. The predicted molar refractivity (Wildman–Crippen MR) is 123 cm³/mol. The van der Waals surface area contributed by atoms with Crippen molar-refractivity contribution in [1.29, 1.82) is 0 Å². The highest BCUT2D eigenvalue weighted by Crippen LogP contribution is 2.32. The lowest BCUT2D eigenvalue weighted by Gasteiger charge is -2.46. The van der Waals surface area contributed by atoms with E-state index in [1.165, 1.54) is 0 Å². The summed E-state index contributed by atoms with van der Waals surface area (Å²) in [6.45, 7) is -0.235. The standard InChI is InChI=1S/C21H41N5O10/c22-4-3-12(28)19(32)26-11-5-10(25)17(35-20-9(24)2-1-8(6-23)33-20)18(14(11)29)36-21-16(31)15(30)13(7-27)34-21/h8-18,20-21,27-31H,1-7,22-25H2,(H,26,32)/t8?,9?,10?,11-,12?,13-,14?,15?,16?,17-,18?,20-,21+/m1/s1. The molecule has 36 heavy (non-hydrogen) atoms. The Bertz CT molecular complexity index is 710. The molecule has 1 aliphatic carbocycles. The molecule has 3 fully saturated rings. The van der Waals surface area contributed by atoms with Crippen LogP contribution in [0, 0.1) is 0 Å². The summed E-state index contributed by atoms with van der Waals surface area (Å²) in [5.74, 6) is -0.744. The van der Waals surface area contributed by atoms with Gasteiger partial charge in [-0.1, -0.05) is 0 Å². The van der Waals surface area contributed by atoms with Crippen molar-refractivity contribution >= 4 is 5.91 Å². The third kappa shape index (κ3) is 6.68. The molecule has 1 amide bonds. The molecule has 210 valence electrons. The topological polar surface area (TPSA) is 271 Å². The van der Waals surface area contributed by atoms with Gasteiger partial charge in [0, 0.05) is 12.6 Å². The Morgan fingerprint density at radius 3 is 2.28 bits per heavy atom. The van der Waals surface area contributed by atoms with E-state index in [0.717, 1.165) is 0 Å². The van der Waals surface area contributed by atoms with Gasteiger partial charge >= 0.3 is 0 Å². The van der Waals surface area contributed by atoms with Crippen LogP contribution in [0.5, 0.6) is 0 Å². The zero-order valence-corrected chi connectivity index (χ0v) is 20.0. The summed E-state index contributed by atoms with van der Waals surface area (Å²) in [6.07, 6.45) is -10.6. The Hall–Kier alpha value is -1.05. The number of rotatable bonds is 10. The van der Waals surface area contributed by atoms with Gasteiger partial charge in [0.15, 0.2) is 12.6 Å². The van der Waals surface area contributed by atoms with Crippen LogP contribution in [0.3, 0.4) is 0 Å². The molecule has 8 unspecified atom stereocenters. The lowest BCUT2D eigenvalue weighted by molar-refractivity contribution is -0.288. The number of carbonyl (C=O) groups is 1. The normalized spacial score (nSPS) is 44.4. The molecule has 0 aromatic heterocycles. The number of ether oxygens (including phenoxy) is 4. The molecule has 2 saturated heterocycles. The Morgan fingerprint density at radius 1 is 0.972 bits per heavy atom. The van der Waals surface area contributed by atoms with Gasteiger partial charge in [0.05, 0.1) is 24.8 Å². The van der Waals surface area contributed by atoms with Crippen LogP contribution in [0.1, 0.15) is 25.7 Å². The van der Waals surface area contributed by atoms with Gasteiger partial charge < -0.3 is 72.7 Å². The largest absolute Gasteiger partial charge is 0.394 e. The third-order valence-electron chi connectivity index (χ3n) is 6.93. The molecule has 1 saturated carbocycles. The fourth-order valence-electron chi connectivity index (χ4n) is 4.75. The van der Waals surface area contributed by atoms with Gasteiger partial charge in [0.2, 0.25) is 5.91 Å². The first kappa shape index (κ1) is 29.5. The summed E-state index contributed by atoms with van der Waals surface area (Å²) in [7, 11) is 0. The lowest BCUT2D eigenvalue weighted by Crippen LogP contribution is -2.67. The zero-order chi connectivity index (χ0) is 26.6. The zero-order valence-electron chi connectivity index (χ0n) is 20.0. The number of nitrogens with one attached hydrogen (secondary N) is 1. The molecule has 3 rings (SSSR count). The minimum Gasteiger partial charge on any atom is -0.394 e. The molecule has 14 N–H and O–H groups in total. The first-order chi connectivity index (χ1) is 17.1. The molecule has 15 heteroatoms. The molecule has 0 aromatic carbocycles. The number of hydrogen-bond donors (Lipinski definition) is 10. The van der Waals surface area contributed by atoms with Crippen LogP contribution in [-0.2, 0) is 23.7 Å². The van der Waals surface area contributed by atoms with Crippen LogP contribution in [0.4, 0.5) is 0 Å². The second-order valence-corrected chi connectivity index (χ2v) is 9.61. The summed E-state index contributed by atoms with van der Waals surface area (Å²) in [6, 6.07) is -2.28. The van der Waals surface area contributed by atoms with Crippen LogP contribution in [0.2, 0.25) is 0 Å². The van der Waals surface area contributed by atoms with E-state index in [-0.39, 0.29) is 32.0 Å². The van der Waals surface area contributed by atoms with Crippen molar-refractivity contribution in [3.05, 3.63) is 0 Å². The summed E-state index contributed by atoms with van der Waals surface area (Å²) >= 11 is 0. The van der Waals surface area contributed by atoms with Crippen molar-refractivity contribution in [3.8, 4) is 0 Å². The van der Waals surface area contributed by atoms with E-state index in [1.807, 2.05) is 0 Å². The molecule has 0 bridgehead atoms. The SMILES string of the molecule is NCCC(O)C(=O)N[C@@H]1CC(N)[C@@H](O[C@H]2OC(CN)CCC2N)C(O[C@@H]2O[C@H](CO)C(O)C2O)C1O. The molecule has 0 radical (unpaired) electrons. The summed E-state index contributed by atoms with van der Waals surface area (Å²) in [5, 5.41) is 53.5. The Morgan fingerprint density at radius 2 is 1.67 bits per heavy atom. The smallest absolute Gasteiger partial charge is 0.249 e. The van der Waals surface area contributed by atoms with Crippen molar-refractivity contribution in [1.82, 2.24) is 5.32 Å². The van der Waals surface area contributed by atoms with Crippen LogP contribution in [0.25, 0.3) is 0 Å². The maximum atomic E-state index is 12.4. The van der Waals surface area contributed by atoms with Crippen LogP contribution in [-0.4, -0.2) is 131 Å². The van der Waals surface area contributed by atoms with Crippen LogP contribution < -0.4 is 28.3 Å². The maximum Gasteiger partial charge on any atom is 0.249 e. The van der Waals surface area contributed by atoms with E-state index in [0.29, 0.717) is 12.8 Å². The number of carbonyl (C=O) groups excluding carboxylic acids is 1. The number of aliphatic hydroxyl groups excluding tert-OH is 5. The fourth-order valence-corrected chi connectivity index (χ4v) is 4.75. The summed E-state index contributed by atoms with van der Waals surface area (Å²) < 4.78 is 23.2. The lowest BCUT2D eigenvalue weighted by atomic mass is 9.83. The van der Waals surface area contributed by atoms with E-state index in [4.69, 9.17) is 41.9 Å². The Labute approximate surface area is 209 Å². The monoisotopic (exact) mass is 523 g/mol. The Kier molecular flexibility index (Phi) is 10.8. The number of amides is 1. The average Bonchev–Trinajstić information content (AvgIpc) is 3.13. The number of hydrogen-bond acceptors (Lipinski definition) is 14. The Balaban J connectivity index is 1.80. The average molecular weight is 524 g/mol. The van der Waals surface area contributed by atoms with Crippen molar-refractivity contribution in [2.75, 3.05) is 19.7 Å². The van der Waals surface area contributed by atoms with E-state index in [1.54, 1.807) is 0 Å². The van der Waals surface area contributed by atoms with E-state index >= 15 is 0 Å². The minimum absolute atomic E-state index is 0.0220. The molecule has 13 atom stereocenters. The highest BCUT2D eigenvalue weighted by molar-refractivity contribution is 5.80. The van der Waals surface area contributed by atoms with Gasteiger partial charge in [-0.2, -0.15) is 0 Å². The fraction of sp³-hybridized carbons (Fsp3) is 0.952. The van der Waals surface area contributed by atoms with Crippen molar-refractivity contribution in [2.24, 2.45) is 22.9 Å². The van der Waals surface area contributed by atoms with Crippen molar-refractivity contribution in [2.45, 2.75) is 105 Å². The van der Waals surface area contributed by atoms with Gasteiger partial charge in [-0.3, -0.25) is 4.79 Å². The summed E-state index contributed by atoms with van der Waals surface area (Å²) in [5.41, 5.74) is 23.7. The predicted octanol–water partition coefficient (Wildman–Crippen LogP) is -5.73. The van der Waals surface area contributed by atoms with E-state index < -0.39 is 85.9 Å². The first-order valence-corrected chi connectivity index (χ1v) is 12.3. The highest BCUT2D eigenvalue weighted by atomic mass is 16.7. The van der Waals surface area contributed by atoms with Crippen LogP contribution >= 0.6 is 0 Å². The summed E-state index contributed by atoms with van der Waals surface area (Å²) in [4.78, 5) is 12.4.